The first-order chi connectivity index (χ1) is 10.6. The Morgan fingerprint density at radius 3 is 1.23 bits per heavy atom. The Bertz CT molecular complexity index is 257. The molecule has 0 aromatic heterocycles. The normalized spacial score (nSPS) is 10.7. The Hall–Kier alpha value is -0.0210. The van der Waals surface area contributed by atoms with Crippen molar-refractivity contribution >= 4 is 38.2 Å². The molecule has 0 aromatic rings. The third-order valence-corrected chi connectivity index (χ3v) is 11.0. The zero-order chi connectivity index (χ0) is 16.5. The summed E-state index contributed by atoms with van der Waals surface area (Å²) < 4.78 is 0. The first-order valence-corrected chi connectivity index (χ1v) is 15.1. The van der Waals surface area contributed by atoms with Gasteiger partial charge in [-0.05, 0) is 0 Å². The summed E-state index contributed by atoms with van der Waals surface area (Å²) in [5.41, 5.74) is 0. The van der Waals surface area contributed by atoms with E-state index in [1.54, 1.807) is 0 Å². The standard InChI is InChI=1S/C16H30O4Se2/c17-15(18)11-7-3-1-5-9-13-21-22-14-10-6-2-4-8-12-16(19)20/h1-14H2,(H,17,18)(H,19,20). The van der Waals surface area contributed by atoms with Gasteiger partial charge in [-0.3, -0.25) is 0 Å². The van der Waals surface area contributed by atoms with Gasteiger partial charge >= 0.3 is 146 Å². The molecule has 4 nitrogen and oxygen atoms in total. The van der Waals surface area contributed by atoms with Crippen LogP contribution >= 0.6 is 0 Å². The van der Waals surface area contributed by atoms with Gasteiger partial charge in [0.15, 0.2) is 0 Å². The fourth-order valence-electron chi connectivity index (χ4n) is 2.05. The first-order valence-electron chi connectivity index (χ1n) is 8.31. The number of aliphatic carboxylic acids is 2. The molecule has 0 unspecified atom stereocenters. The molecule has 6 heteroatoms. The van der Waals surface area contributed by atoms with Gasteiger partial charge < -0.3 is 0 Å². The van der Waals surface area contributed by atoms with Crippen LogP contribution in [0.15, 0.2) is 0 Å². The van der Waals surface area contributed by atoms with Gasteiger partial charge in [0.2, 0.25) is 0 Å². The van der Waals surface area contributed by atoms with E-state index >= 15 is 0 Å². The topological polar surface area (TPSA) is 74.6 Å². The third-order valence-electron chi connectivity index (χ3n) is 3.32. The molecule has 130 valence electrons. The molecule has 22 heavy (non-hydrogen) atoms. The van der Waals surface area contributed by atoms with E-state index in [2.05, 4.69) is 0 Å². The summed E-state index contributed by atoms with van der Waals surface area (Å²) >= 11 is 1.69. The van der Waals surface area contributed by atoms with Crippen LogP contribution in [-0.4, -0.2) is 48.4 Å². The molecule has 0 radical (unpaired) electrons. The third kappa shape index (κ3) is 20.0. The van der Waals surface area contributed by atoms with Crippen LogP contribution in [0, 0.1) is 0 Å². The number of hydrogen-bond donors (Lipinski definition) is 2. The van der Waals surface area contributed by atoms with Crippen molar-refractivity contribution in [3.05, 3.63) is 0 Å². The van der Waals surface area contributed by atoms with E-state index in [9.17, 15) is 9.59 Å². The second kappa shape index (κ2) is 17.3. The number of carboxylic acids is 2. The van der Waals surface area contributed by atoms with Crippen LogP contribution < -0.4 is 0 Å². The fraction of sp³-hybridized carbons (Fsp3) is 0.875. The van der Waals surface area contributed by atoms with Crippen molar-refractivity contribution < 1.29 is 19.8 Å². The van der Waals surface area contributed by atoms with Gasteiger partial charge in [-0.25, -0.2) is 0 Å². The monoisotopic (exact) mass is 446 g/mol. The minimum atomic E-state index is -0.673. The van der Waals surface area contributed by atoms with Gasteiger partial charge in [0.25, 0.3) is 0 Å². The zero-order valence-electron chi connectivity index (χ0n) is 13.4. The van der Waals surface area contributed by atoms with Crippen LogP contribution in [0.1, 0.15) is 77.0 Å². The van der Waals surface area contributed by atoms with Crippen molar-refractivity contribution in [3.63, 3.8) is 0 Å². The maximum absolute atomic E-state index is 10.3. The predicted octanol–water partition coefficient (Wildman–Crippen LogP) is 4.00. The average molecular weight is 444 g/mol. The van der Waals surface area contributed by atoms with Crippen LogP contribution in [-0.2, 0) is 9.59 Å². The fourth-order valence-corrected chi connectivity index (χ4v) is 9.04. The quantitative estimate of drug-likeness (QED) is 0.263. The molecule has 0 saturated carbocycles. The second-order valence-corrected chi connectivity index (χ2v) is 13.3. The Morgan fingerprint density at radius 2 is 0.864 bits per heavy atom. The van der Waals surface area contributed by atoms with Gasteiger partial charge in [-0.15, -0.1) is 0 Å². The van der Waals surface area contributed by atoms with Crippen LogP contribution in [0.3, 0.4) is 0 Å². The number of rotatable bonds is 17. The van der Waals surface area contributed by atoms with Gasteiger partial charge in [-0.1, -0.05) is 0 Å². The van der Waals surface area contributed by atoms with Gasteiger partial charge in [0.1, 0.15) is 0 Å². The molecular formula is C16H30O4Se2. The minimum absolute atomic E-state index is 0.323. The van der Waals surface area contributed by atoms with Gasteiger partial charge in [-0.2, -0.15) is 0 Å². The van der Waals surface area contributed by atoms with Crippen LogP contribution in [0.4, 0.5) is 0 Å². The van der Waals surface area contributed by atoms with E-state index in [4.69, 9.17) is 10.2 Å². The van der Waals surface area contributed by atoms with Crippen LogP contribution in [0.5, 0.6) is 0 Å². The molecule has 0 atom stereocenters. The SMILES string of the molecule is O=C(O)CCCCCCC[Se][Se]CCCCCCCC(=O)O. The van der Waals surface area contributed by atoms with Gasteiger partial charge in [0, 0.05) is 0 Å². The Labute approximate surface area is 145 Å². The molecule has 0 heterocycles. The van der Waals surface area contributed by atoms with Crippen molar-refractivity contribution in [2.75, 3.05) is 0 Å². The summed E-state index contributed by atoms with van der Waals surface area (Å²) in [6.45, 7) is 0. The second-order valence-electron chi connectivity index (χ2n) is 5.47. The number of hydrogen-bond acceptors (Lipinski definition) is 2. The predicted molar refractivity (Wildman–Crippen MR) is 91.8 cm³/mol. The first kappa shape index (κ1) is 22.0. The summed E-state index contributed by atoms with van der Waals surface area (Å²) in [5.74, 6) is -1.35. The number of carbonyl (C=O) groups is 2. The van der Waals surface area contributed by atoms with Crippen molar-refractivity contribution in [1.29, 1.82) is 0 Å². The van der Waals surface area contributed by atoms with E-state index in [-0.39, 0.29) is 0 Å². The van der Waals surface area contributed by atoms with E-state index < -0.39 is 11.9 Å². The van der Waals surface area contributed by atoms with Gasteiger partial charge in [0.05, 0.1) is 0 Å². The molecular weight excluding hydrogens is 414 g/mol. The van der Waals surface area contributed by atoms with Crippen molar-refractivity contribution in [1.82, 2.24) is 0 Å². The molecule has 0 aliphatic rings. The molecule has 0 amide bonds. The molecule has 0 rings (SSSR count). The molecule has 0 fully saturated rings. The summed E-state index contributed by atoms with van der Waals surface area (Å²) in [5, 5.41) is 19.8. The molecule has 0 aliphatic carbocycles. The maximum atomic E-state index is 10.3. The van der Waals surface area contributed by atoms with Crippen molar-refractivity contribution in [3.8, 4) is 0 Å². The van der Waals surface area contributed by atoms with E-state index in [1.165, 1.54) is 49.2 Å². The summed E-state index contributed by atoms with van der Waals surface area (Å²) in [7, 11) is 0. The van der Waals surface area contributed by atoms with E-state index in [0.717, 1.165) is 51.9 Å². The molecule has 0 aliphatic heterocycles. The van der Waals surface area contributed by atoms with Crippen LogP contribution in [0.25, 0.3) is 0 Å². The molecule has 0 spiro atoms. The number of carboxylic acid groups (broad SMARTS) is 2. The Balaban J connectivity index is 2.99. The Morgan fingerprint density at radius 1 is 0.545 bits per heavy atom. The molecule has 0 bridgehead atoms. The average Bonchev–Trinajstić information content (AvgIpc) is 2.46. The van der Waals surface area contributed by atoms with E-state index in [1.807, 2.05) is 0 Å². The van der Waals surface area contributed by atoms with Crippen molar-refractivity contribution in [2.45, 2.75) is 87.7 Å². The van der Waals surface area contributed by atoms with E-state index in [0.29, 0.717) is 12.8 Å². The summed E-state index contributed by atoms with van der Waals surface area (Å²) in [6, 6.07) is 0. The zero-order valence-corrected chi connectivity index (χ0v) is 16.9. The summed E-state index contributed by atoms with van der Waals surface area (Å²) in [4.78, 5) is 20.7. The summed E-state index contributed by atoms with van der Waals surface area (Å²) in [6.07, 6.45) is 12.0. The molecule has 0 aromatic carbocycles. The molecule has 0 saturated heterocycles. The van der Waals surface area contributed by atoms with Crippen LogP contribution in [0.2, 0.25) is 10.6 Å². The molecule has 2 N–H and O–H groups in total. The number of unbranched alkanes of at least 4 members (excludes halogenated alkanes) is 8. The van der Waals surface area contributed by atoms with Crippen molar-refractivity contribution in [2.24, 2.45) is 0 Å². The Kier molecular flexibility index (Phi) is 17.3.